The average molecular weight is 302 g/mol. The van der Waals surface area contributed by atoms with Crippen LogP contribution in [-0.4, -0.2) is 54.4 Å². The summed E-state index contributed by atoms with van der Waals surface area (Å²) >= 11 is 0. The number of urea groups is 1. The van der Waals surface area contributed by atoms with Gasteiger partial charge in [0.2, 0.25) is 0 Å². The normalized spacial score (nSPS) is 11.0. The third kappa shape index (κ3) is 11.1. The maximum absolute atomic E-state index is 12.0. The topological polar surface area (TPSA) is 78.9 Å². The van der Waals surface area contributed by atoms with Crippen molar-refractivity contribution in [2.75, 3.05) is 26.3 Å². The number of carboxylic acid groups (broad SMARTS) is 1. The van der Waals surface area contributed by atoms with E-state index in [2.05, 4.69) is 19.2 Å². The number of carbonyl (C=O) groups is 2. The molecule has 2 N–H and O–H groups in total. The summed E-state index contributed by atoms with van der Waals surface area (Å²) in [6, 6.07) is -0.0877. The molecule has 0 bridgehead atoms. The maximum atomic E-state index is 12.0. The average Bonchev–Trinajstić information content (AvgIpc) is 2.37. The van der Waals surface area contributed by atoms with Crippen LogP contribution in [0.5, 0.6) is 0 Å². The zero-order chi connectivity index (χ0) is 16.3. The van der Waals surface area contributed by atoms with Crippen LogP contribution in [0.2, 0.25) is 0 Å². The molecule has 0 fully saturated rings. The minimum absolute atomic E-state index is 0.0518. The first-order valence-corrected chi connectivity index (χ1v) is 7.68. The van der Waals surface area contributed by atoms with Crippen molar-refractivity contribution in [3.8, 4) is 0 Å². The lowest BCUT2D eigenvalue weighted by Gasteiger charge is -2.26. The molecule has 0 saturated carbocycles. The number of nitrogens with zero attached hydrogens (tertiary/aromatic N) is 1. The molecule has 0 aliphatic carbocycles. The van der Waals surface area contributed by atoms with Crippen LogP contribution in [0, 0.1) is 5.92 Å². The Bertz CT molecular complexity index is 306. The molecular weight excluding hydrogens is 272 g/mol. The van der Waals surface area contributed by atoms with E-state index in [1.165, 1.54) is 0 Å². The Kier molecular flexibility index (Phi) is 10.7. The van der Waals surface area contributed by atoms with E-state index in [0.29, 0.717) is 32.0 Å². The highest BCUT2D eigenvalue weighted by Crippen LogP contribution is 2.02. The van der Waals surface area contributed by atoms with Crippen molar-refractivity contribution in [3.05, 3.63) is 0 Å². The number of nitrogens with one attached hydrogen (secondary N) is 1. The van der Waals surface area contributed by atoms with Gasteiger partial charge in [0.15, 0.2) is 0 Å². The van der Waals surface area contributed by atoms with E-state index in [-0.39, 0.29) is 18.5 Å². The van der Waals surface area contributed by atoms with Crippen molar-refractivity contribution in [1.29, 1.82) is 0 Å². The van der Waals surface area contributed by atoms with Gasteiger partial charge < -0.3 is 20.1 Å². The minimum atomic E-state index is -0.832. The Balaban J connectivity index is 3.88. The largest absolute Gasteiger partial charge is 0.481 e. The Morgan fingerprint density at radius 3 is 2.38 bits per heavy atom. The number of aliphatic carboxylic acids is 1. The van der Waals surface area contributed by atoms with Crippen LogP contribution in [0.25, 0.3) is 0 Å². The van der Waals surface area contributed by atoms with Gasteiger partial charge in [-0.1, -0.05) is 13.8 Å². The maximum Gasteiger partial charge on any atom is 0.317 e. The molecule has 124 valence electrons. The lowest BCUT2D eigenvalue weighted by Crippen LogP contribution is -2.45. The summed E-state index contributed by atoms with van der Waals surface area (Å²) in [6.45, 7) is 10.4. The van der Waals surface area contributed by atoms with Gasteiger partial charge in [-0.3, -0.25) is 4.79 Å². The third-order valence-corrected chi connectivity index (χ3v) is 2.87. The molecule has 0 saturated heterocycles. The molecule has 0 heterocycles. The van der Waals surface area contributed by atoms with Gasteiger partial charge in [-0.05, 0) is 32.6 Å². The first-order chi connectivity index (χ1) is 9.84. The van der Waals surface area contributed by atoms with E-state index < -0.39 is 5.97 Å². The van der Waals surface area contributed by atoms with Gasteiger partial charge in [0.25, 0.3) is 0 Å². The molecule has 0 unspecified atom stereocenters. The molecule has 6 nitrogen and oxygen atoms in total. The van der Waals surface area contributed by atoms with Crippen LogP contribution >= 0.6 is 0 Å². The highest BCUT2D eigenvalue weighted by atomic mass is 16.5. The van der Waals surface area contributed by atoms with E-state index >= 15 is 0 Å². The fourth-order valence-corrected chi connectivity index (χ4v) is 1.79. The van der Waals surface area contributed by atoms with Crippen molar-refractivity contribution >= 4 is 12.0 Å². The number of amides is 2. The zero-order valence-corrected chi connectivity index (χ0v) is 13.7. The van der Waals surface area contributed by atoms with Gasteiger partial charge in [0, 0.05) is 38.8 Å². The standard InChI is InChI=1S/C15H30N2O4/c1-12(2)11-21-10-6-8-16-15(20)17(13(3)4)9-5-7-14(18)19/h12-13H,5-11H2,1-4H3,(H,16,20)(H,18,19). The van der Waals surface area contributed by atoms with Crippen molar-refractivity contribution in [3.63, 3.8) is 0 Å². The van der Waals surface area contributed by atoms with Crippen LogP contribution in [-0.2, 0) is 9.53 Å². The Labute approximate surface area is 127 Å². The quantitative estimate of drug-likeness (QED) is 0.574. The van der Waals surface area contributed by atoms with Gasteiger partial charge in [-0.15, -0.1) is 0 Å². The number of rotatable bonds is 11. The monoisotopic (exact) mass is 302 g/mol. The molecule has 0 aromatic heterocycles. The molecule has 0 aromatic rings. The second-order valence-electron chi connectivity index (χ2n) is 5.84. The van der Waals surface area contributed by atoms with Crippen molar-refractivity contribution < 1.29 is 19.4 Å². The van der Waals surface area contributed by atoms with E-state index in [9.17, 15) is 9.59 Å². The molecule has 6 heteroatoms. The van der Waals surface area contributed by atoms with Gasteiger partial charge in [0.05, 0.1) is 0 Å². The summed E-state index contributed by atoms with van der Waals surface area (Å²) in [5.74, 6) is -0.313. The lowest BCUT2D eigenvalue weighted by atomic mass is 10.2. The highest BCUT2D eigenvalue weighted by Gasteiger charge is 2.16. The van der Waals surface area contributed by atoms with Crippen LogP contribution in [0.4, 0.5) is 4.79 Å². The minimum Gasteiger partial charge on any atom is -0.481 e. The van der Waals surface area contributed by atoms with Gasteiger partial charge in [-0.2, -0.15) is 0 Å². The molecular formula is C15H30N2O4. The molecule has 0 aromatic carbocycles. The predicted molar refractivity (Wildman–Crippen MR) is 82.4 cm³/mol. The molecule has 0 atom stereocenters. The van der Waals surface area contributed by atoms with E-state index in [0.717, 1.165) is 13.0 Å². The summed E-state index contributed by atoms with van der Waals surface area (Å²) in [4.78, 5) is 24.2. The highest BCUT2D eigenvalue weighted by molar-refractivity contribution is 5.74. The molecule has 0 spiro atoms. The van der Waals surface area contributed by atoms with E-state index in [1.54, 1.807) is 4.90 Å². The van der Waals surface area contributed by atoms with E-state index in [4.69, 9.17) is 9.84 Å². The van der Waals surface area contributed by atoms with Crippen LogP contribution in [0.1, 0.15) is 47.0 Å². The zero-order valence-electron chi connectivity index (χ0n) is 13.7. The molecule has 0 aliphatic heterocycles. The second kappa shape index (κ2) is 11.4. The lowest BCUT2D eigenvalue weighted by molar-refractivity contribution is -0.137. The summed E-state index contributed by atoms with van der Waals surface area (Å²) in [7, 11) is 0. The molecule has 2 amide bonds. The number of carbonyl (C=O) groups excluding carboxylic acids is 1. The fourth-order valence-electron chi connectivity index (χ4n) is 1.79. The molecule has 21 heavy (non-hydrogen) atoms. The van der Waals surface area contributed by atoms with Crippen LogP contribution < -0.4 is 5.32 Å². The van der Waals surface area contributed by atoms with Gasteiger partial charge in [0.1, 0.15) is 0 Å². The van der Waals surface area contributed by atoms with Crippen molar-refractivity contribution in [2.24, 2.45) is 5.92 Å². The third-order valence-electron chi connectivity index (χ3n) is 2.87. The summed E-state index contributed by atoms with van der Waals surface area (Å²) in [6.07, 6.45) is 1.33. The number of ether oxygens (including phenoxy) is 1. The van der Waals surface area contributed by atoms with Crippen LogP contribution in [0.3, 0.4) is 0 Å². The fraction of sp³-hybridized carbons (Fsp3) is 0.867. The van der Waals surface area contributed by atoms with Crippen molar-refractivity contribution in [2.45, 2.75) is 53.0 Å². The van der Waals surface area contributed by atoms with Crippen LogP contribution in [0.15, 0.2) is 0 Å². The van der Waals surface area contributed by atoms with Crippen molar-refractivity contribution in [1.82, 2.24) is 10.2 Å². The number of carboxylic acids is 1. The Morgan fingerprint density at radius 1 is 1.19 bits per heavy atom. The summed E-state index contributed by atoms with van der Waals surface area (Å²) in [5.41, 5.74) is 0. The first kappa shape index (κ1) is 19.7. The number of hydrogen-bond acceptors (Lipinski definition) is 3. The van der Waals surface area contributed by atoms with Gasteiger partial charge >= 0.3 is 12.0 Å². The predicted octanol–water partition coefficient (Wildman–Crippen LogP) is 2.33. The first-order valence-electron chi connectivity index (χ1n) is 7.68. The Hall–Kier alpha value is -1.30. The smallest absolute Gasteiger partial charge is 0.317 e. The number of hydrogen-bond donors (Lipinski definition) is 2. The SMILES string of the molecule is CC(C)COCCCNC(=O)N(CCCC(=O)O)C(C)C. The Morgan fingerprint density at radius 2 is 1.86 bits per heavy atom. The molecule has 0 rings (SSSR count). The molecule has 0 aliphatic rings. The second-order valence-corrected chi connectivity index (χ2v) is 5.84. The molecule has 0 radical (unpaired) electrons. The van der Waals surface area contributed by atoms with Gasteiger partial charge in [-0.25, -0.2) is 4.79 Å². The van der Waals surface area contributed by atoms with E-state index in [1.807, 2.05) is 13.8 Å². The summed E-state index contributed by atoms with van der Waals surface area (Å²) < 4.78 is 5.45. The summed E-state index contributed by atoms with van der Waals surface area (Å²) in [5, 5.41) is 11.5.